The van der Waals surface area contributed by atoms with Crippen molar-refractivity contribution in [1.29, 1.82) is 0 Å². The Morgan fingerprint density at radius 1 is 1.25 bits per heavy atom. The summed E-state index contributed by atoms with van der Waals surface area (Å²) >= 11 is 0. The van der Waals surface area contributed by atoms with Crippen molar-refractivity contribution in [3.8, 4) is 0 Å². The lowest BCUT2D eigenvalue weighted by Crippen LogP contribution is -2.47. The molecule has 0 bridgehead atoms. The molecule has 1 amide bonds. The average Bonchev–Trinajstić information content (AvgIpc) is 3.15. The molecule has 3 aliphatic rings. The van der Waals surface area contributed by atoms with Crippen molar-refractivity contribution in [3.05, 3.63) is 0 Å². The maximum atomic E-state index is 12.5. The van der Waals surface area contributed by atoms with E-state index in [9.17, 15) is 13.2 Å². The largest absolute Gasteiger partial charge is 0.347 e. The van der Waals surface area contributed by atoms with Gasteiger partial charge in [-0.2, -0.15) is 0 Å². The van der Waals surface area contributed by atoms with E-state index in [1.165, 1.54) is 0 Å². The Morgan fingerprint density at radius 3 is 2.46 bits per heavy atom. The van der Waals surface area contributed by atoms with Gasteiger partial charge in [-0.25, -0.2) is 8.42 Å². The SMILES string of the molecule is CCN(C(=O)CCN1CCC2(CC1)OCCO2)C1CCS(=O)(=O)C1. The van der Waals surface area contributed by atoms with Crippen molar-refractivity contribution < 1.29 is 22.7 Å². The van der Waals surface area contributed by atoms with Gasteiger partial charge in [0.1, 0.15) is 0 Å². The monoisotopic (exact) mass is 360 g/mol. The number of amides is 1. The molecule has 0 aromatic rings. The number of hydrogen-bond acceptors (Lipinski definition) is 6. The van der Waals surface area contributed by atoms with E-state index >= 15 is 0 Å². The van der Waals surface area contributed by atoms with E-state index in [-0.39, 0.29) is 29.2 Å². The lowest BCUT2D eigenvalue weighted by Gasteiger charge is -2.37. The molecule has 1 atom stereocenters. The van der Waals surface area contributed by atoms with Crippen molar-refractivity contribution >= 4 is 15.7 Å². The van der Waals surface area contributed by atoms with E-state index in [2.05, 4.69) is 4.90 Å². The fraction of sp³-hybridized carbons (Fsp3) is 0.938. The second-order valence-corrected chi connectivity index (χ2v) is 9.16. The summed E-state index contributed by atoms with van der Waals surface area (Å²) in [4.78, 5) is 16.5. The Balaban J connectivity index is 1.45. The molecule has 138 valence electrons. The third-order valence-corrected chi connectivity index (χ3v) is 7.13. The van der Waals surface area contributed by atoms with Crippen LogP contribution in [0.25, 0.3) is 0 Å². The van der Waals surface area contributed by atoms with Crippen LogP contribution in [0.15, 0.2) is 0 Å². The highest BCUT2D eigenvalue weighted by Gasteiger charge is 2.40. The topological polar surface area (TPSA) is 76.2 Å². The molecule has 24 heavy (non-hydrogen) atoms. The number of carbonyl (C=O) groups is 1. The van der Waals surface area contributed by atoms with Gasteiger partial charge in [-0.05, 0) is 13.3 Å². The van der Waals surface area contributed by atoms with Crippen LogP contribution in [0, 0.1) is 0 Å². The fourth-order valence-corrected chi connectivity index (χ4v) is 5.69. The van der Waals surface area contributed by atoms with E-state index in [0.29, 0.717) is 39.1 Å². The van der Waals surface area contributed by atoms with Crippen LogP contribution in [0.2, 0.25) is 0 Å². The number of ether oxygens (including phenoxy) is 2. The Bertz CT molecular complexity index is 549. The number of piperidine rings is 1. The summed E-state index contributed by atoms with van der Waals surface area (Å²) in [6, 6.07) is -0.141. The number of nitrogens with zero attached hydrogens (tertiary/aromatic N) is 2. The minimum atomic E-state index is -2.96. The standard InChI is InChI=1S/C16H28N2O5S/c1-2-18(14-4-12-24(20,21)13-14)15(19)3-7-17-8-5-16(6-9-17)22-10-11-23-16/h14H,2-13H2,1H3. The molecule has 8 heteroatoms. The van der Waals surface area contributed by atoms with Gasteiger partial charge in [0.25, 0.3) is 0 Å². The van der Waals surface area contributed by atoms with E-state index in [1.807, 2.05) is 6.92 Å². The predicted octanol–water partition coefficient (Wildman–Crippen LogP) is 0.251. The fourth-order valence-electron chi connectivity index (χ4n) is 3.96. The molecule has 0 aromatic carbocycles. The van der Waals surface area contributed by atoms with Crippen LogP contribution in [0.1, 0.15) is 32.6 Å². The van der Waals surface area contributed by atoms with Crippen LogP contribution in [0.5, 0.6) is 0 Å². The highest BCUT2D eigenvalue weighted by atomic mass is 32.2. The number of hydrogen-bond donors (Lipinski definition) is 0. The van der Waals surface area contributed by atoms with E-state index < -0.39 is 9.84 Å². The number of likely N-dealkylation sites (tertiary alicyclic amines) is 1. The van der Waals surface area contributed by atoms with Crippen LogP contribution in [0.4, 0.5) is 0 Å². The van der Waals surface area contributed by atoms with Crippen LogP contribution in [-0.2, 0) is 24.1 Å². The van der Waals surface area contributed by atoms with Gasteiger partial charge in [-0.15, -0.1) is 0 Å². The second kappa shape index (κ2) is 7.27. The van der Waals surface area contributed by atoms with Gasteiger partial charge in [0.05, 0.1) is 24.7 Å². The molecule has 3 saturated heterocycles. The van der Waals surface area contributed by atoms with Crippen LogP contribution >= 0.6 is 0 Å². The molecule has 0 saturated carbocycles. The zero-order valence-electron chi connectivity index (χ0n) is 14.4. The Labute approximate surface area is 144 Å². The Morgan fingerprint density at radius 2 is 1.92 bits per heavy atom. The lowest BCUT2D eigenvalue weighted by molar-refractivity contribution is -0.185. The second-order valence-electron chi connectivity index (χ2n) is 6.94. The molecule has 3 heterocycles. The minimum absolute atomic E-state index is 0.0632. The van der Waals surface area contributed by atoms with E-state index in [4.69, 9.17) is 9.47 Å². The molecule has 1 unspecified atom stereocenters. The molecular weight excluding hydrogens is 332 g/mol. The van der Waals surface area contributed by atoms with Crippen molar-refractivity contribution in [2.24, 2.45) is 0 Å². The highest BCUT2D eigenvalue weighted by molar-refractivity contribution is 7.91. The Kier molecular flexibility index (Phi) is 5.48. The van der Waals surface area contributed by atoms with Crippen LogP contribution in [0.3, 0.4) is 0 Å². The quantitative estimate of drug-likeness (QED) is 0.700. The number of carbonyl (C=O) groups excluding carboxylic acids is 1. The molecule has 0 radical (unpaired) electrons. The average molecular weight is 360 g/mol. The zero-order valence-corrected chi connectivity index (χ0v) is 15.2. The molecule has 7 nitrogen and oxygen atoms in total. The van der Waals surface area contributed by atoms with Gasteiger partial charge in [0, 0.05) is 51.5 Å². The maximum absolute atomic E-state index is 12.5. The third-order valence-electron chi connectivity index (χ3n) is 5.38. The summed E-state index contributed by atoms with van der Waals surface area (Å²) in [5.41, 5.74) is 0. The first kappa shape index (κ1) is 18.1. The summed E-state index contributed by atoms with van der Waals surface area (Å²) < 4.78 is 34.7. The maximum Gasteiger partial charge on any atom is 0.224 e. The third kappa shape index (κ3) is 4.09. The first-order valence-corrected chi connectivity index (χ1v) is 10.8. The normalized spacial score (nSPS) is 29.1. The zero-order chi connectivity index (χ0) is 17.2. The summed E-state index contributed by atoms with van der Waals surface area (Å²) in [5.74, 6) is 0.00498. The minimum Gasteiger partial charge on any atom is -0.347 e. The van der Waals surface area contributed by atoms with Gasteiger partial charge in [-0.1, -0.05) is 0 Å². The molecule has 3 fully saturated rings. The first-order chi connectivity index (χ1) is 11.4. The van der Waals surface area contributed by atoms with Gasteiger partial charge >= 0.3 is 0 Å². The smallest absolute Gasteiger partial charge is 0.224 e. The number of rotatable bonds is 5. The van der Waals surface area contributed by atoms with Crippen molar-refractivity contribution in [2.45, 2.75) is 44.4 Å². The summed E-state index contributed by atoms with van der Waals surface area (Å²) in [5, 5.41) is 0. The van der Waals surface area contributed by atoms with Crippen LogP contribution < -0.4 is 0 Å². The van der Waals surface area contributed by atoms with E-state index in [0.717, 1.165) is 25.9 Å². The first-order valence-electron chi connectivity index (χ1n) is 8.93. The van der Waals surface area contributed by atoms with Gasteiger partial charge in [0.15, 0.2) is 15.6 Å². The predicted molar refractivity (Wildman–Crippen MR) is 89.4 cm³/mol. The molecule has 3 rings (SSSR count). The van der Waals surface area contributed by atoms with Crippen molar-refractivity contribution in [1.82, 2.24) is 9.80 Å². The van der Waals surface area contributed by atoms with E-state index in [1.54, 1.807) is 4.90 Å². The van der Waals surface area contributed by atoms with Crippen molar-refractivity contribution in [3.63, 3.8) is 0 Å². The van der Waals surface area contributed by atoms with Gasteiger partial charge < -0.3 is 19.3 Å². The van der Waals surface area contributed by atoms with Gasteiger partial charge in [0.2, 0.25) is 5.91 Å². The number of sulfone groups is 1. The Hall–Kier alpha value is -0.700. The molecule has 3 aliphatic heterocycles. The molecule has 0 aliphatic carbocycles. The summed E-state index contributed by atoms with van der Waals surface area (Å²) in [7, 11) is -2.96. The summed E-state index contributed by atoms with van der Waals surface area (Å²) in [6.07, 6.45) is 2.71. The highest BCUT2D eigenvalue weighted by Crippen LogP contribution is 2.31. The molecule has 1 spiro atoms. The summed E-state index contributed by atoms with van der Waals surface area (Å²) in [6.45, 7) is 6.30. The van der Waals surface area contributed by atoms with Gasteiger partial charge in [-0.3, -0.25) is 4.79 Å². The van der Waals surface area contributed by atoms with Crippen LogP contribution in [-0.4, -0.2) is 86.9 Å². The molecular formula is C16H28N2O5S. The molecule has 0 N–H and O–H groups in total. The lowest BCUT2D eigenvalue weighted by atomic mass is 10.0. The van der Waals surface area contributed by atoms with Crippen molar-refractivity contribution in [2.75, 3.05) is 50.9 Å². The molecule has 0 aromatic heterocycles.